The highest BCUT2D eigenvalue weighted by Gasteiger charge is 2.42. The summed E-state index contributed by atoms with van der Waals surface area (Å²) in [5.74, 6) is -2.40. The summed E-state index contributed by atoms with van der Waals surface area (Å²) in [4.78, 5) is 36.8. The fraction of sp³-hybridized carbons (Fsp3) is 0.407. The van der Waals surface area contributed by atoms with E-state index in [0.717, 1.165) is 19.3 Å². The van der Waals surface area contributed by atoms with Gasteiger partial charge in [-0.2, -0.15) is 18.2 Å². The Kier molecular flexibility index (Phi) is 7.90. The lowest BCUT2D eigenvalue weighted by Gasteiger charge is -2.32. The van der Waals surface area contributed by atoms with Crippen LogP contribution in [0.2, 0.25) is 0 Å². The standard InChI is InChI=1S/C27H28F4N6O3/c28-19-6-2-3-7-20(19)34-24(38)17-10-14-36(15-11-17)21-9-8-18(16-32-21)33-25(39)22-23(27(29,30)31)35-26(40-22)37-12-4-1-5-13-37/h2-3,6-9,16-17H,1,4-5,10-15H2,(H,33,39)(H,34,38). The number of hydrogen-bond acceptors (Lipinski definition) is 7. The number of hydrogen-bond donors (Lipinski definition) is 2. The molecule has 212 valence electrons. The van der Waals surface area contributed by atoms with Gasteiger partial charge in [0.2, 0.25) is 11.7 Å². The smallest absolute Gasteiger partial charge is 0.417 e. The Morgan fingerprint density at radius 3 is 2.30 bits per heavy atom. The second-order valence-electron chi connectivity index (χ2n) is 9.81. The third-order valence-electron chi connectivity index (χ3n) is 7.04. The average molecular weight is 561 g/mol. The predicted octanol–water partition coefficient (Wildman–Crippen LogP) is 5.33. The van der Waals surface area contributed by atoms with Crippen molar-refractivity contribution in [2.75, 3.05) is 46.6 Å². The number of piperidine rings is 2. The van der Waals surface area contributed by atoms with Gasteiger partial charge in [0.05, 0.1) is 17.6 Å². The molecule has 2 fully saturated rings. The van der Waals surface area contributed by atoms with Crippen LogP contribution in [0.15, 0.2) is 47.0 Å². The molecule has 0 bridgehead atoms. The Morgan fingerprint density at radius 2 is 1.65 bits per heavy atom. The van der Waals surface area contributed by atoms with Crippen LogP contribution in [0.5, 0.6) is 0 Å². The summed E-state index contributed by atoms with van der Waals surface area (Å²) in [6.07, 6.45) is 0.146. The van der Waals surface area contributed by atoms with Crippen molar-refractivity contribution in [1.82, 2.24) is 9.97 Å². The van der Waals surface area contributed by atoms with E-state index in [1.807, 2.05) is 4.90 Å². The summed E-state index contributed by atoms with van der Waals surface area (Å²) in [5.41, 5.74) is -1.03. The molecule has 0 aliphatic carbocycles. The maximum atomic E-state index is 13.8. The van der Waals surface area contributed by atoms with Gasteiger partial charge in [-0.25, -0.2) is 9.37 Å². The van der Waals surface area contributed by atoms with Gasteiger partial charge in [0, 0.05) is 32.1 Å². The number of oxazole rings is 1. The van der Waals surface area contributed by atoms with Gasteiger partial charge >= 0.3 is 6.18 Å². The van der Waals surface area contributed by atoms with E-state index < -0.39 is 29.4 Å². The Hall–Kier alpha value is -4.16. The molecule has 2 N–H and O–H groups in total. The van der Waals surface area contributed by atoms with Gasteiger partial charge in [0.15, 0.2) is 5.69 Å². The van der Waals surface area contributed by atoms with Crippen molar-refractivity contribution in [2.45, 2.75) is 38.3 Å². The molecule has 1 aromatic carbocycles. The van der Waals surface area contributed by atoms with Gasteiger partial charge in [0.25, 0.3) is 11.9 Å². The monoisotopic (exact) mass is 560 g/mol. The van der Waals surface area contributed by atoms with Crippen molar-refractivity contribution in [3.05, 3.63) is 59.9 Å². The molecule has 0 saturated carbocycles. The van der Waals surface area contributed by atoms with Crippen molar-refractivity contribution in [1.29, 1.82) is 0 Å². The number of anilines is 4. The first-order valence-corrected chi connectivity index (χ1v) is 13.1. The maximum absolute atomic E-state index is 13.8. The number of rotatable bonds is 6. The second kappa shape index (κ2) is 11.5. The first kappa shape index (κ1) is 27.4. The molecular weight excluding hydrogens is 532 g/mol. The first-order valence-electron chi connectivity index (χ1n) is 13.1. The van der Waals surface area contributed by atoms with Crippen LogP contribution in [0.3, 0.4) is 0 Å². The second-order valence-corrected chi connectivity index (χ2v) is 9.81. The molecular formula is C27H28F4N6O3. The van der Waals surface area contributed by atoms with Gasteiger partial charge in [-0.3, -0.25) is 9.59 Å². The van der Waals surface area contributed by atoms with E-state index in [1.54, 1.807) is 23.1 Å². The number of carbonyl (C=O) groups excluding carboxylic acids is 2. The number of nitrogens with zero attached hydrogens (tertiary/aromatic N) is 4. The Bertz CT molecular complexity index is 1350. The van der Waals surface area contributed by atoms with Crippen molar-refractivity contribution in [2.24, 2.45) is 5.92 Å². The molecule has 2 aliphatic heterocycles. The van der Waals surface area contributed by atoms with Crippen molar-refractivity contribution in [3.63, 3.8) is 0 Å². The minimum absolute atomic E-state index is 0.143. The van der Waals surface area contributed by atoms with Crippen LogP contribution in [0.4, 0.5) is 40.8 Å². The number of benzene rings is 1. The zero-order chi connectivity index (χ0) is 28.3. The van der Waals surface area contributed by atoms with Gasteiger partial charge in [-0.15, -0.1) is 0 Å². The summed E-state index contributed by atoms with van der Waals surface area (Å²) in [6, 6.07) is 8.94. The van der Waals surface area contributed by atoms with E-state index >= 15 is 0 Å². The Morgan fingerprint density at radius 1 is 0.925 bits per heavy atom. The highest BCUT2D eigenvalue weighted by atomic mass is 19.4. The maximum Gasteiger partial charge on any atom is 0.437 e. The topological polar surface area (TPSA) is 104 Å². The van der Waals surface area contributed by atoms with E-state index in [9.17, 15) is 27.2 Å². The lowest BCUT2D eigenvalue weighted by atomic mass is 9.95. The van der Waals surface area contributed by atoms with Crippen molar-refractivity contribution < 1.29 is 31.6 Å². The zero-order valence-corrected chi connectivity index (χ0v) is 21.5. The number of para-hydroxylation sites is 1. The third-order valence-corrected chi connectivity index (χ3v) is 7.04. The molecule has 2 aliphatic rings. The molecule has 4 heterocycles. The van der Waals surface area contributed by atoms with Gasteiger partial charge in [0.1, 0.15) is 11.6 Å². The molecule has 9 nitrogen and oxygen atoms in total. The minimum Gasteiger partial charge on any atom is -0.417 e. The summed E-state index contributed by atoms with van der Waals surface area (Å²) < 4.78 is 60.0. The molecule has 0 atom stereocenters. The number of carbonyl (C=O) groups is 2. The van der Waals surface area contributed by atoms with Crippen LogP contribution in [-0.2, 0) is 11.0 Å². The molecule has 2 amide bonds. The van der Waals surface area contributed by atoms with Gasteiger partial charge in [-0.1, -0.05) is 12.1 Å². The van der Waals surface area contributed by atoms with Crippen molar-refractivity contribution in [3.8, 4) is 0 Å². The van der Waals surface area contributed by atoms with Crippen LogP contribution < -0.4 is 20.4 Å². The summed E-state index contributed by atoms with van der Waals surface area (Å²) in [7, 11) is 0. The molecule has 0 radical (unpaired) electrons. The fourth-order valence-electron chi connectivity index (χ4n) is 4.88. The number of amides is 2. The summed E-state index contributed by atoms with van der Waals surface area (Å²) >= 11 is 0. The largest absolute Gasteiger partial charge is 0.437 e. The van der Waals surface area contributed by atoms with Crippen LogP contribution in [0, 0.1) is 11.7 Å². The number of nitrogens with one attached hydrogen (secondary N) is 2. The third kappa shape index (κ3) is 6.18. The predicted molar refractivity (Wildman–Crippen MR) is 140 cm³/mol. The molecule has 13 heteroatoms. The van der Waals surface area contributed by atoms with E-state index in [2.05, 4.69) is 20.6 Å². The zero-order valence-electron chi connectivity index (χ0n) is 21.5. The highest BCUT2D eigenvalue weighted by Crippen LogP contribution is 2.35. The lowest BCUT2D eigenvalue weighted by molar-refractivity contribution is -0.141. The Balaban J connectivity index is 1.19. The highest BCUT2D eigenvalue weighted by molar-refractivity contribution is 6.03. The minimum atomic E-state index is -4.86. The number of aromatic nitrogens is 2. The molecule has 40 heavy (non-hydrogen) atoms. The van der Waals surface area contributed by atoms with E-state index in [0.29, 0.717) is 44.8 Å². The van der Waals surface area contributed by atoms with E-state index in [1.165, 1.54) is 24.4 Å². The van der Waals surface area contributed by atoms with Crippen LogP contribution in [-0.4, -0.2) is 48.0 Å². The van der Waals surface area contributed by atoms with Gasteiger partial charge in [-0.05, 0) is 56.4 Å². The first-order chi connectivity index (χ1) is 19.2. The normalized spacial score (nSPS) is 16.6. The van der Waals surface area contributed by atoms with Crippen LogP contribution in [0.25, 0.3) is 0 Å². The van der Waals surface area contributed by atoms with E-state index in [4.69, 9.17) is 4.42 Å². The van der Waals surface area contributed by atoms with E-state index in [-0.39, 0.29) is 29.2 Å². The van der Waals surface area contributed by atoms with Crippen LogP contribution >= 0.6 is 0 Å². The molecule has 5 rings (SSSR count). The average Bonchev–Trinajstić information content (AvgIpc) is 3.42. The lowest BCUT2D eigenvalue weighted by Crippen LogP contribution is -2.38. The number of pyridine rings is 1. The molecule has 0 unspecified atom stereocenters. The SMILES string of the molecule is O=C(Nc1ccc(N2CCC(C(=O)Nc3ccccc3F)CC2)nc1)c1oc(N2CCCCC2)nc1C(F)(F)F. The molecule has 0 spiro atoms. The molecule has 2 aromatic heterocycles. The Labute approximate surface area is 227 Å². The van der Waals surface area contributed by atoms with Crippen LogP contribution in [0.1, 0.15) is 48.4 Å². The number of halogens is 4. The van der Waals surface area contributed by atoms with Gasteiger partial charge < -0.3 is 24.9 Å². The molecule has 2 saturated heterocycles. The molecule has 3 aromatic rings. The fourth-order valence-corrected chi connectivity index (χ4v) is 4.88. The summed E-state index contributed by atoms with van der Waals surface area (Å²) in [5, 5.41) is 5.04. The summed E-state index contributed by atoms with van der Waals surface area (Å²) in [6.45, 7) is 2.08. The quantitative estimate of drug-likeness (QED) is 0.393. The van der Waals surface area contributed by atoms with Crippen molar-refractivity contribution >= 4 is 35.0 Å². The number of alkyl halides is 3.